The molecule has 33 heavy (non-hydrogen) atoms. The number of hydrogen-bond acceptors (Lipinski definition) is 5. The number of amides is 2. The van der Waals surface area contributed by atoms with E-state index >= 15 is 0 Å². The number of rotatable bonds is 5. The van der Waals surface area contributed by atoms with Crippen molar-refractivity contribution >= 4 is 17.5 Å². The summed E-state index contributed by atoms with van der Waals surface area (Å²) in [6.45, 7) is 0.303. The first-order valence-corrected chi connectivity index (χ1v) is 10.6. The summed E-state index contributed by atoms with van der Waals surface area (Å²) >= 11 is 0. The Hall–Kier alpha value is -3.11. The van der Waals surface area contributed by atoms with Crippen LogP contribution < -0.4 is 16.0 Å². The van der Waals surface area contributed by atoms with Crippen molar-refractivity contribution in [3.05, 3.63) is 64.7 Å². The van der Waals surface area contributed by atoms with Crippen LogP contribution in [0.2, 0.25) is 0 Å². The highest BCUT2D eigenvalue weighted by Gasteiger charge is 2.36. The van der Waals surface area contributed by atoms with Crippen molar-refractivity contribution in [2.75, 3.05) is 18.5 Å². The molecule has 176 valence electrons. The number of ether oxygens (including phenoxy) is 1. The van der Waals surface area contributed by atoms with E-state index in [9.17, 15) is 27.9 Å². The summed E-state index contributed by atoms with van der Waals surface area (Å²) in [7, 11) is 0. The average molecular weight is 463 g/mol. The number of carbonyl (C=O) groups excluding carboxylic acids is 2. The molecule has 0 saturated carbocycles. The molecule has 2 aromatic carbocycles. The third-order valence-electron chi connectivity index (χ3n) is 5.82. The summed E-state index contributed by atoms with van der Waals surface area (Å²) in [4.78, 5) is 24.0. The fourth-order valence-corrected chi connectivity index (χ4v) is 4.04. The number of alkyl halides is 3. The van der Waals surface area contributed by atoms with Crippen LogP contribution in [-0.4, -0.2) is 42.2 Å². The molecule has 0 radical (unpaired) electrons. The van der Waals surface area contributed by atoms with Crippen LogP contribution in [0.3, 0.4) is 0 Å². The SMILES string of the molecule is O=C(NCCc1ccc2c(c1)[C@H]1C[C@H](N2)[C@H](O)CO1)C(=O)NCc1cccc(C(F)(F)F)c1. The zero-order valence-corrected chi connectivity index (χ0v) is 17.6. The summed E-state index contributed by atoms with van der Waals surface area (Å²) in [6, 6.07) is 10.3. The Labute approximate surface area is 188 Å². The largest absolute Gasteiger partial charge is 0.416 e. The van der Waals surface area contributed by atoms with Gasteiger partial charge in [0.2, 0.25) is 0 Å². The van der Waals surface area contributed by atoms with Crippen LogP contribution in [0.25, 0.3) is 0 Å². The third kappa shape index (κ3) is 5.45. The number of nitrogens with one attached hydrogen (secondary N) is 3. The minimum Gasteiger partial charge on any atom is -0.389 e. The highest BCUT2D eigenvalue weighted by atomic mass is 19.4. The molecular weight excluding hydrogens is 439 g/mol. The first kappa shape index (κ1) is 23.1. The predicted molar refractivity (Wildman–Crippen MR) is 113 cm³/mol. The molecule has 4 N–H and O–H groups in total. The van der Waals surface area contributed by atoms with Gasteiger partial charge in [-0.2, -0.15) is 13.2 Å². The van der Waals surface area contributed by atoms with Crippen molar-refractivity contribution in [2.45, 2.75) is 43.8 Å². The van der Waals surface area contributed by atoms with Gasteiger partial charge in [-0.1, -0.05) is 24.3 Å². The van der Waals surface area contributed by atoms with Gasteiger partial charge >= 0.3 is 18.0 Å². The lowest BCUT2D eigenvalue weighted by atomic mass is 9.89. The van der Waals surface area contributed by atoms with Crippen molar-refractivity contribution < 1.29 is 32.6 Å². The maximum Gasteiger partial charge on any atom is 0.416 e. The Balaban J connectivity index is 1.26. The average Bonchev–Trinajstić information content (AvgIpc) is 2.79. The van der Waals surface area contributed by atoms with E-state index in [1.54, 1.807) is 0 Å². The number of aliphatic hydroxyl groups excluding tert-OH is 1. The zero-order valence-electron chi connectivity index (χ0n) is 17.6. The monoisotopic (exact) mass is 463 g/mol. The Kier molecular flexibility index (Phi) is 6.57. The summed E-state index contributed by atoms with van der Waals surface area (Å²) in [5.41, 5.74) is 2.29. The molecule has 3 atom stereocenters. The topological polar surface area (TPSA) is 99.7 Å². The van der Waals surface area contributed by atoms with Crippen molar-refractivity contribution in [2.24, 2.45) is 0 Å². The molecule has 1 fully saturated rings. The van der Waals surface area contributed by atoms with Gasteiger partial charge in [0, 0.05) is 30.8 Å². The first-order valence-electron chi connectivity index (χ1n) is 10.6. The lowest BCUT2D eigenvalue weighted by molar-refractivity contribution is -0.139. The molecule has 0 aromatic heterocycles. The van der Waals surface area contributed by atoms with Crippen LogP contribution >= 0.6 is 0 Å². The summed E-state index contributed by atoms with van der Waals surface area (Å²) in [5, 5.41) is 18.1. The van der Waals surface area contributed by atoms with Crippen LogP contribution in [0.1, 0.15) is 34.8 Å². The summed E-state index contributed by atoms with van der Waals surface area (Å²) in [5.74, 6) is -1.77. The van der Waals surface area contributed by atoms with Gasteiger partial charge in [-0.25, -0.2) is 0 Å². The van der Waals surface area contributed by atoms with E-state index in [0.29, 0.717) is 12.8 Å². The Morgan fingerprint density at radius 1 is 1.09 bits per heavy atom. The van der Waals surface area contributed by atoms with Crippen LogP contribution in [0.15, 0.2) is 42.5 Å². The second-order valence-electron chi connectivity index (χ2n) is 8.18. The molecule has 2 aliphatic rings. The normalized spacial score (nSPS) is 21.5. The van der Waals surface area contributed by atoms with E-state index in [-0.39, 0.29) is 37.4 Å². The molecule has 2 aromatic rings. The number of fused-ring (bicyclic) bond motifs is 4. The lowest BCUT2D eigenvalue weighted by Crippen LogP contribution is -2.46. The van der Waals surface area contributed by atoms with E-state index in [4.69, 9.17) is 4.74 Å². The number of carbonyl (C=O) groups is 2. The molecule has 7 nitrogen and oxygen atoms in total. The van der Waals surface area contributed by atoms with Crippen molar-refractivity contribution in [3.63, 3.8) is 0 Å². The van der Waals surface area contributed by atoms with Gasteiger partial charge in [0.1, 0.15) is 0 Å². The summed E-state index contributed by atoms with van der Waals surface area (Å²) < 4.78 is 44.0. The highest BCUT2D eigenvalue weighted by molar-refractivity contribution is 6.35. The van der Waals surface area contributed by atoms with Gasteiger partial charge in [-0.15, -0.1) is 0 Å². The molecule has 2 amide bonds. The predicted octanol–water partition coefficient (Wildman–Crippen LogP) is 2.30. The smallest absolute Gasteiger partial charge is 0.389 e. The lowest BCUT2D eigenvalue weighted by Gasteiger charge is -2.40. The van der Waals surface area contributed by atoms with Crippen molar-refractivity contribution in [1.82, 2.24) is 10.6 Å². The molecule has 0 spiro atoms. The second-order valence-corrected chi connectivity index (χ2v) is 8.18. The maximum absolute atomic E-state index is 12.8. The fourth-order valence-electron chi connectivity index (χ4n) is 4.04. The minimum atomic E-state index is -4.48. The summed E-state index contributed by atoms with van der Waals surface area (Å²) in [6.07, 6.45) is -3.94. The number of anilines is 1. The van der Waals surface area contributed by atoms with Gasteiger partial charge in [0.25, 0.3) is 0 Å². The molecule has 0 unspecified atom stereocenters. The molecule has 2 aliphatic heterocycles. The maximum atomic E-state index is 12.8. The highest BCUT2D eigenvalue weighted by Crippen LogP contribution is 2.39. The molecule has 2 bridgehead atoms. The molecule has 0 aliphatic carbocycles. The Morgan fingerprint density at radius 3 is 2.67 bits per heavy atom. The van der Waals surface area contributed by atoms with Gasteiger partial charge < -0.3 is 25.8 Å². The quantitative estimate of drug-likeness (QED) is 0.510. The Bertz CT molecular complexity index is 1040. The van der Waals surface area contributed by atoms with Crippen LogP contribution in [-0.2, 0) is 33.5 Å². The van der Waals surface area contributed by atoms with Gasteiger partial charge in [0.05, 0.1) is 30.4 Å². The van der Waals surface area contributed by atoms with E-state index < -0.39 is 29.7 Å². The number of aliphatic hydroxyl groups is 1. The zero-order chi connectivity index (χ0) is 23.6. The third-order valence-corrected chi connectivity index (χ3v) is 5.82. The molecule has 10 heteroatoms. The number of benzene rings is 2. The van der Waals surface area contributed by atoms with E-state index in [2.05, 4.69) is 16.0 Å². The molecule has 2 heterocycles. The Morgan fingerprint density at radius 2 is 1.88 bits per heavy atom. The number of hydrogen-bond donors (Lipinski definition) is 4. The van der Waals surface area contributed by atoms with Gasteiger partial charge in [0.15, 0.2) is 0 Å². The first-order chi connectivity index (χ1) is 15.7. The van der Waals surface area contributed by atoms with E-state index in [1.807, 2.05) is 18.2 Å². The van der Waals surface area contributed by atoms with Crippen LogP contribution in [0.4, 0.5) is 18.9 Å². The van der Waals surface area contributed by atoms with Gasteiger partial charge in [-0.05, 0) is 35.7 Å². The molecular formula is C23H24F3N3O4. The van der Waals surface area contributed by atoms with Crippen molar-refractivity contribution in [3.8, 4) is 0 Å². The van der Waals surface area contributed by atoms with E-state index in [0.717, 1.165) is 28.9 Å². The fraction of sp³-hybridized carbons (Fsp3) is 0.391. The van der Waals surface area contributed by atoms with Crippen LogP contribution in [0.5, 0.6) is 0 Å². The van der Waals surface area contributed by atoms with Gasteiger partial charge in [-0.3, -0.25) is 9.59 Å². The van der Waals surface area contributed by atoms with Crippen molar-refractivity contribution in [1.29, 1.82) is 0 Å². The number of halogens is 3. The van der Waals surface area contributed by atoms with Crippen LogP contribution in [0, 0.1) is 0 Å². The minimum absolute atomic E-state index is 0.0316. The van der Waals surface area contributed by atoms with E-state index in [1.165, 1.54) is 12.1 Å². The second kappa shape index (κ2) is 9.40. The molecule has 1 saturated heterocycles. The molecule has 4 rings (SSSR count). The standard InChI is InChI=1S/C23H24F3N3O4/c24-23(25,26)15-3-1-2-14(8-15)11-28-22(32)21(31)27-7-6-13-4-5-17-16(9-13)20-10-18(29-17)19(30)12-33-20/h1-5,8-9,18-20,29-30H,6-7,10-12H2,(H,27,31)(H,28,32)/t18-,19+,20+/m0/s1.